The number of hydrogen-bond acceptors (Lipinski definition) is 12. The monoisotopic (exact) mass is 985 g/mol. The standard InChI is InChI=1S/C54H97O13P/c1-3-5-7-9-11-13-15-17-19-21-23-24-25-27-28-30-32-34-36-38-40-42-47(55)64-44-46(45-65-68(62,63)67-54-52(60)50(58)49(57)51(59)53(54)61)66-48(56)43-41-39-37-35-33-31-29-26-22-20-18-16-14-12-10-8-6-4-2/h19,21,24-25,28,30,34,36,46,49-54,57-61H,3-18,20,22-23,26-27,29,31-33,35,37-45H2,1-2H3,(H,62,63)/b21-19+,25-24+,30-28+,36-34+/t46-,49?,50-,51?,52?,53?,54?/m0/s1. The van der Waals surface area contributed by atoms with Gasteiger partial charge in [-0.2, -0.15) is 0 Å². The number of allylic oxidation sites excluding steroid dienone is 8. The van der Waals surface area contributed by atoms with E-state index < -0.39 is 75.7 Å². The van der Waals surface area contributed by atoms with Crippen molar-refractivity contribution in [2.45, 2.75) is 268 Å². The quantitative estimate of drug-likeness (QED) is 0.0145. The van der Waals surface area contributed by atoms with Gasteiger partial charge in [-0.1, -0.05) is 210 Å². The molecule has 14 heteroatoms. The van der Waals surface area contributed by atoms with Crippen LogP contribution in [0.2, 0.25) is 0 Å². The Kier molecular flexibility index (Phi) is 40.9. The van der Waals surface area contributed by atoms with Crippen LogP contribution in [-0.4, -0.2) is 98.3 Å². The van der Waals surface area contributed by atoms with E-state index in [1.807, 2.05) is 12.2 Å². The fraction of sp³-hybridized carbons (Fsp3) is 0.815. The maximum atomic E-state index is 12.9. The van der Waals surface area contributed by atoms with Gasteiger partial charge in [-0.05, 0) is 51.4 Å². The number of esters is 2. The molecule has 1 fully saturated rings. The topological polar surface area (TPSA) is 210 Å². The van der Waals surface area contributed by atoms with Crippen LogP contribution in [0.25, 0.3) is 0 Å². The zero-order valence-electron chi connectivity index (χ0n) is 42.4. The molecule has 0 radical (unpaired) electrons. The first-order chi connectivity index (χ1) is 32.9. The SMILES string of the molecule is CCCCCCCCC/C=C/C/C=C/C/C=C/C/C=C/CCCC(=O)OC[C@@H](COP(=O)(O)OC1C(O)C(O)C(O)[C@H](O)C1O)OC(=O)CCCCCCCCCCCCCCCCCCCC. The Bertz CT molecular complexity index is 1370. The Balaban J connectivity index is 2.42. The van der Waals surface area contributed by atoms with E-state index >= 15 is 0 Å². The largest absolute Gasteiger partial charge is 0.472 e. The summed E-state index contributed by atoms with van der Waals surface area (Å²) in [5.41, 5.74) is 0. The summed E-state index contributed by atoms with van der Waals surface area (Å²) in [5.74, 6) is -1.16. The molecular formula is C54H97O13P. The van der Waals surface area contributed by atoms with E-state index in [1.165, 1.54) is 128 Å². The molecule has 0 aromatic carbocycles. The Morgan fingerprint density at radius 3 is 1.25 bits per heavy atom. The number of carbonyl (C=O) groups excluding carboxylic acids is 2. The van der Waals surface area contributed by atoms with Gasteiger partial charge in [-0.3, -0.25) is 18.6 Å². The molecule has 396 valence electrons. The van der Waals surface area contributed by atoms with Crippen molar-refractivity contribution in [3.05, 3.63) is 48.6 Å². The minimum atomic E-state index is -5.14. The second kappa shape index (κ2) is 43.6. The Hall–Kier alpha value is -2.19. The van der Waals surface area contributed by atoms with E-state index in [0.29, 0.717) is 19.3 Å². The molecule has 68 heavy (non-hydrogen) atoms. The van der Waals surface area contributed by atoms with Crippen molar-refractivity contribution in [1.29, 1.82) is 0 Å². The van der Waals surface area contributed by atoms with Crippen molar-refractivity contribution in [1.82, 2.24) is 0 Å². The summed E-state index contributed by atoms with van der Waals surface area (Å²) in [6.45, 7) is 3.29. The molecule has 1 saturated carbocycles. The average Bonchev–Trinajstić information content (AvgIpc) is 3.32. The van der Waals surface area contributed by atoms with Crippen molar-refractivity contribution in [2.24, 2.45) is 0 Å². The molecule has 0 bridgehead atoms. The Labute approximate surface area is 411 Å². The first-order valence-corrected chi connectivity index (χ1v) is 28.4. The van der Waals surface area contributed by atoms with Crippen LogP contribution in [0.1, 0.15) is 226 Å². The van der Waals surface area contributed by atoms with Crippen LogP contribution in [0.3, 0.4) is 0 Å². The van der Waals surface area contributed by atoms with Gasteiger partial charge in [0, 0.05) is 12.8 Å². The highest BCUT2D eigenvalue weighted by atomic mass is 31.2. The summed E-state index contributed by atoms with van der Waals surface area (Å²) in [4.78, 5) is 35.8. The van der Waals surface area contributed by atoms with Gasteiger partial charge >= 0.3 is 19.8 Å². The highest BCUT2D eigenvalue weighted by Gasteiger charge is 2.51. The van der Waals surface area contributed by atoms with Gasteiger partial charge in [-0.25, -0.2) is 4.57 Å². The van der Waals surface area contributed by atoms with Crippen molar-refractivity contribution in [3.8, 4) is 0 Å². The molecule has 1 aliphatic rings. The predicted molar refractivity (Wildman–Crippen MR) is 272 cm³/mol. The maximum absolute atomic E-state index is 12.9. The third kappa shape index (κ3) is 35.0. The third-order valence-electron chi connectivity index (χ3n) is 12.4. The summed E-state index contributed by atoms with van der Waals surface area (Å²) >= 11 is 0. The lowest BCUT2D eigenvalue weighted by Gasteiger charge is -2.41. The fourth-order valence-electron chi connectivity index (χ4n) is 8.11. The second-order valence-corrected chi connectivity index (χ2v) is 20.1. The molecule has 13 nitrogen and oxygen atoms in total. The lowest BCUT2D eigenvalue weighted by atomic mass is 9.85. The molecule has 0 heterocycles. The summed E-state index contributed by atoms with van der Waals surface area (Å²) in [6.07, 6.45) is 40.2. The fourth-order valence-corrected chi connectivity index (χ4v) is 9.08. The molecule has 1 aliphatic carbocycles. The molecule has 8 atom stereocenters. The number of rotatable bonds is 45. The molecule has 6 N–H and O–H groups in total. The predicted octanol–water partition coefficient (Wildman–Crippen LogP) is 11.9. The van der Waals surface area contributed by atoms with Gasteiger partial charge in [0.15, 0.2) is 6.10 Å². The molecule has 0 saturated heterocycles. The Morgan fingerprint density at radius 2 is 0.809 bits per heavy atom. The number of phosphoric ester groups is 1. The molecule has 6 unspecified atom stereocenters. The van der Waals surface area contributed by atoms with E-state index in [0.717, 1.165) is 51.4 Å². The molecule has 1 rings (SSSR count). The van der Waals surface area contributed by atoms with Crippen LogP contribution in [0.5, 0.6) is 0 Å². The van der Waals surface area contributed by atoms with E-state index in [9.17, 15) is 44.6 Å². The van der Waals surface area contributed by atoms with E-state index in [2.05, 4.69) is 50.3 Å². The third-order valence-corrected chi connectivity index (χ3v) is 13.4. The number of phosphoric acid groups is 1. The number of ether oxygens (including phenoxy) is 2. The highest BCUT2D eigenvalue weighted by molar-refractivity contribution is 7.47. The summed E-state index contributed by atoms with van der Waals surface area (Å²) < 4.78 is 33.6. The molecule has 0 spiro atoms. The number of hydrogen-bond donors (Lipinski definition) is 6. The van der Waals surface area contributed by atoms with Gasteiger partial charge in [0.1, 0.15) is 43.2 Å². The number of aliphatic hydroxyl groups is 5. The van der Waals surface area contributed by atoms with Gasteiger partial charge in [0.25, 0.3) is 0 Å². The lowest BCUT2D eigenvalue weighted by molar-refractivity contribution is -0.220. The maximum Gasteiger partial charge on any atom is 0.472 e. The number of unbranched alkanes of at least 4 members (excludes halogenated alkanes) is 25. The normalized spacial score (nSPS) is 21.4. The van der Waals surface area contributed by atoms with Crippen LogP contribution in [-0.2, 0) is 32.7 Å². The molecule has 0 amide bonds. The van der Waals surface area contributed by atoms with Crippen molar-refractivity contribution >= 4 is 19.8 Å². The van der Waals surface area contributed by atoms with Crippen molar-refractivity contribution < 1.29 is 63.1 Å². The minimum Gasteiger partial charge on any atom is -0.462 e. The van der Waals surface area contributed by atoms with Crippen LogP contribution >= 0.6 is 7.82 Å². The molecule has 0 aromatic rings. The average molecular weight is 985 g/mol. The number of aliphatic hydroxyl groups excluding tert-OH is 5. The van der Waals surface area contributed by atoms with Crippen molar-refractivity contribution in [3.63, 3.8) is 0 Å². The van der Waals surface area contributed by atoms with Gasteiger partial charge in [-0.15, -0.1) is 0 Å². The van der Waals surface area contributed by atoms with Crippen LogP contribution < -0.4 is 0 Å². The van der Waals surface area contributed by atoms with E-state index in [-0.39, 0.29) is 12.8 Å². The van der Waals surface area contributed by atoms with E-state index in [1.54, 1.807) is 0 Å². The lowest BCUT2D eigenvalue weighted by Crippen LogP contribution is -2.64. The Morgan fingerprint density at radius 1 is 0.456 bits per heavy atom. The smallest absolute Gasteiger partial charge is 0.462 e. The molecular weight excluding hydrogens is 888 g/mol. The summed E-state index contributed by atoms with van der Waals surface area (Å²) in [5, 5.41) is 50.3. The van der Waals surface area contributed by atoms with Crippen LogP contribution in [0.15, 0.2) is 48.6 Å². The zero-order chi connectivity index (χ0) is 49.9. The molecule has 0 aliphatic heterocycles. The van der Waals surface area contributed by atoms with Gasteiger partial charge in [0.2, 0.25) is 0 Å². The minimum absolute atomic E-state index is 0.0876. The highest BCUT2D eigenvalue weighted by Crippen LogP contribution is 2.47. The molecule has 0 aromatic heterocycles. The van der Waals surface area contributed by atoms with Crippen molar-refractivity contribution in [2.75, 3.05) is 13.2 Å². The summed E-state index contributed by atoms with van der Waals surface area (Å²) in [7, 11) is -5.14. The van der Waals surface area contributed by atoms with E-state index in [4.69, 9.17) is 18.5 Å². The van der Waals surface area contributed by atoms with Crippen LogP contribution in [0, 0.1) is 0 Å². The second-order valence-electron chi connectivity index (χ2n) is 18.7. The zero-order valence-corrected chi connectivity index (χ0v) is 43.3. The van der Waals surface area contributed by atoms with Gasteiger partial charge < -0.3 is 39.9 Å². The van der Waals surface area contributed by atoms with Crippen LogP contribution in [0.4, 0.5) is 0 Å². The summed E-state index contributed by atoms with van der Waals surface area (Å²) in [6, 6.07) is 0. The first-order valence-electron chi connectivity index (χ1n) is 26.9. The van der Waals surface area contributed by atoms with Gasteiger partial charge in [0.05, 0.1) is 6.61 Å². The first kappa shape index (κ1) is 63.8. The number of carbonyl (C=O) groups is 2.